The molecule has 0 unspecified atom stereocenters. The van der Waals surface area contributed by atoms with E-state index in [1.807, 2.05) is 6.07 Å². The van der Waals surface area contributed by atoms with Crippen LogP contribution in [0.15, 0.2) is 53.3 Å². The summed E-state index contributed by atoms with van der Waals surface area (Å²) in [5.41, 5.74) is 5.97. The fourth-order valence-electron chi connectivity index (χ4n) is 2.77. The Balaban J connectivity index is 2.26. The van der Waals surface area contributed by atoms with Crippen molar-refractivity contribution in [1.29, 1.82) is 0 Å². The minimum Gasteiger partial charge on any atom is -0.465 e. The van der Waals surface area contributed by atoms with Crippen LogP contribution < -0.4 is 16.6 Å². The number of nitrogens with zero attached hydrogens (tertiary/aromatic N) is 2. The molecule has 2 amide bonds. The van der Waals surface area contributed by atoms with Gasteiger partial charge in [-0.25, -0.2) is 9.78 Å². The number of nitrogens with one attached hydrogen (secondary N) is 1. The summed E-state index contributed by atoms with van der Waals surface area (Å²) in [5, 5.41) is 11.1. The molecule has 2 aromatic carbocycles. The van der Waals surface area contributed by atoms with Gasteiger partial charge in [-0.1, -0.05) is 24.3 Å². The zero-order valence-corrected chi connectivity index (χ0v) is 13.7. The Morgan fingerprint density at radius 3 is 2.50 bits per heavy atom. The van der Waals surface area contributed by atoms with Gasteiger partial charge in [-0.3, -0.25) is 14.2 Å². The molecule has 0 aliphatic carbocycles. The van der Waals surface area contributed by atoms with Gasteiger partial charge in [0.2, 0.25) is 5.91 Å². The molecular weight excluding hydrogens is 336 g/mol. The zero-order chi connectivity index (χ0) is 18.7. The third kappa shape index (κ3) is 3.25. The lowest BCUT2D eigenvalue weighted by atomic mass is 10.1. The quantitative estimate of drug-likeness (QED) is 0.638. The molecule has 8 heteroatoms. The first kappa shape index (κ1) is 17.2. The van der Waals surface area contributed by atoms with Gasteiger partial charge < -0.3 is 16.2 Å². The summed E-state index contributed by atoms with van der Waals surface area (Å²) in [6.07, 6.45) is -0.955. The van der Waals surface area contributed by atoms with Crippen molar-refractivity contribution < 1.29 is 14.7 Å². The molecule has 3 aromatic rings. The second kappa shape index (κ2) is 7.06. The van der Waals surface area contributed by atoms with Crippen molar-refractivity contribution in [3.05, 3.63) is 70.3 Å². The monoisotopic (exact) mass is 352 g/mol. The molecule has 0 spiro atoms. The highest BCUT2D eigenvalue weighted by Crippen LogP contribution is 2.16. The average Bonchev–Trinajstić information content (AvgIpc) is 2.61. The maximum atomic E-state index is 13.2. The molecule has 0 saturated carbocycles. The second-order valence-corrected chi connectivity index (χ2v) is 5.55. The van der Waals surface area contributed by atoms with Gasteiger partial charge in [0.1, 0.15) is 5.82 Å². The van der Waals surface area contributed by atoms with Gasteiger partial charge in [0, 0.05) is 13.0 Å². The molecular formula is C18H16N4O4. The van der Waals surface area contributed by atoms with Crippen LogP contribution in [0.1, 0.15) is 16.2 Å². The largest absolute Gasteiger partial charge is 0.465 e. The zero-order valence-electron chi connectivity index (χ0n) is 13.7. The predicted octanol–water partition coefficient (Wildman–Crippen LogP) is 1.29. The summed E-state index contributed by atoms with van der Waals surface area (Å²) in [4.78, 5) is 40.0. The smallest absolute Gasteiger partial charge is 0.404 e. The van der Waals surface area contributed by atoms with E-state index in [9.17, 15) is 14.4 Å². The van der Waals surface area contributed by atoms with Gasteiger partial charge in [-0.05, 0) is 24.3 Å². The highest BCUT2D eigenvalue weighted by Gasteiger charge is 2.17. The Labute approximate surface area is 147 Å². The van der Waals surface area contributed by atoms with E-state index in [0.29, 0.717) is 17.0 Å². The molecule has 132 valence electrons. The molecule has 1 aromatic heterocycles. The van der Waals surface area contributed by atoms with Gasteiger partial charge in [-0.15, -0.1) is 0 Å². The van der Waals surface area contributed by atoms with E-state index >= 15 is 0 Å². The topological polar surface area (TPSA) is 127 Å². The fraction of sp³-hybridized carbons (Fsp3) is 0.111. The van der Waals surface area contributed by atoms with Gasteiger partial charge in [0.25, 0.3) is 5.56 Å². The molecule has 1 heterocycles. The number of benzene rings is 2. The first-order chi connectivity index (χ1) is 12.5. The van der Waals surface area contributed by atoms with Crippen molar-refractivity contribution in [2.24, 2.45) is 5.73 Å². The van der Waals surface area contributed by atoms with Gasteiger partial charge in [-0.2, -0.15) is 0 Å². The average molecular weight is 352 g/mol. The lowest BCUT2D eigenvalue weighted by Gasteiger charge is -2.14. The number of para-hydroxylation sites is 1. The Hall–Kier alpha value is -3.68. The molecule has 3 rings (SSSR count). The number of hydrogen-bond acceptors (Lipinski definition) is 4. The van der Waals surface area contributed by atoms with Crippen LogP contribution in [0.2, 0.25) is 0 Å². The molecule has 26 heavy (non-hydrogen) atoms. The van der Waals surface area contributed by atoms with Crippen LogP contribution in [-0.2, 0) is 6.42 Å². The lowest BCUT2D eigenvalue weighted by molar-refractivity contribution is 0.100. The number of amides is 2. The molecule has 0 saturated heterocycles. The molecule has 0 aliphatic rings. The minimum absolute atomic E-state index is 0.0929. The molecule has 0 aliphatic heterocycles. The number of rotatable bonds is 5. The third-order valence-corrected chi connectivity index (χ3v) is 3.87. The normalized spacial score (nSPS) is 10.6. The van der Waals surface area contributed by atoms with E-state index in [2.05, 4.69) is 10.3 Å². The Morgan fingerprint density at radius 2 is 1.85 bits per heavy atom. The SMILES string of the molecule is NC(=O)c1cccc2nc(CCNC(=O)O)n(-c3ccccc3)c(=O)c12. The van der Waals surface area contributed by atoms with Crippen LogP contribution >= 0.6 is 0 Å². The van der Waals surface area contributed by atoms with Crippen LogP contribution in [0.4, 0.5) is 4.79 Å². The fourth-order valence-corrected chi connectivity index (χ4v) is 2.77. The number of hydrogen-bond donors (Lipinski definition) is 3. The third-order valence-electron chi connectivity index (χ3n) is 3.87. The predicted molar refractivity (Wildman–Crippen MR) is 95.6 cm³/mol. The van der Waals surface area contributed by atoms with E-state index < -0.39 is 17.6 Å². The number of fused-ring (bicyclic) bond motifs is 1. The maximum Gasteiger partial charge on any atom is 0.404 e. The van der Waals surface area contributed by atoms with E-state index in [-0.39, 0.29) is 23.9 Å². The van der Waals surface area contributed by atoms with Crippen molar-refractivity contribution in [3.8, 4) is 5.69 Å². The van der Waals surface area contributed by atoms with Gasteiger partial charge in [0.05, 0.1) is 22.2 Å². The summed E-state index contributed by atoms with van der Waals surface area (Å²) in [6, 6.07) is 13.5. The van der Waals surface area contributed by atoms with Crippen molar-refractivity contribution in [2.75, 3.05) is 6.54 Å². The molecule has 0 bridgehead atoms. The summed E-state index contributed by atoms with van der Waals surface area (Å²) in [5.74, 6) is -0.335. The molecule has 4 N–H and O–H groups in total. The first-order valence-electron chi connectivity index (χ1n) is 7.85. The standard InChI is InChI=1S/C18H16N4O4/c19-16(23)12-7-4-8-13-15(12)17(24)22(11-5-2-1-3-6-11)14(21-13)9-10-20-18(25)26/h1-8,20H,9-10H2,(H2,19,23)(H,25,26). The van der Waals surface area contributed by atoms with Gasteiger partial charge >= 0.3 is 6.09 Å². The van der Waals surface area contributed by atoms with E-state index in [1.165, 1.54) is 10.6 Å². The number of nitrogens with two attached hydrogens (primary N) is 1. The number of carbonyl (C=O) groups is 2. The lowest BCUT2D eigenvalue weighted by Crippen LogP contribution is -2.29. The number of carboxylic acid groups (broad SMARTS) is 1. The van der Waals surface area contributed by atoms with Crippen molar-refractivity contribution in [3.63, 3.8) is 0 Å². The van der Waals surface area contributed by atoms with E-state index in [4.69, 9.17) is 10.8 Å². The van der Waals surface area contributed by atoms with Gasteiger partial charge in [0.15, 0.2) is 0 Å². The van der Waals surface area contributed by atoms with Crippen LogP contribution in [0.3, 0.4) is 0 Å². The van der Waals surface area contributed by atoms with Crippen molar-refractivity contribution in [2.45, 2.75) is 6.42 Å². The van der Waals surface area contributed by atoms with E-state index in [0.717, 1.165) is 0 Å². The summed E-state index contributed by atoms with van der Waals surface area (Å²) >= 11 is 0. The molecule has 0 fully saturated rings. The maximum absolute atomic E-state index is 13.2. The molecule has 0 radical (unpaired) electrons. The molecule has 8 nitrogen and oxygen atoms in total. The Kier molecular flexibility index (Phi) is 4.66. The second-order valence-electron chi connectivity index (χ2n) is 5.55. The number of carbonyl (C=O) groups excluding carboxylic acids is 1. The van der Waals surface area contributed by atoms with Crippen molar-refractivity contribution in [1.82, 2.24) is 14.9 Å². The van der Waals surface area contributed by atoms with Crippen LogP contribution in [0.5, 0.6) is 0 Å². The first-order valence-corrected chi connectivity index (χ1v) is 7.85. The van der Waals surface area contributed by atoms with E-state index in [1.54, 1.807) is 36.4 Å². The summed E-state index contributed by atoms with van der Waals surface area (Å²) in [7, 11) is 0. The Morgan fingerprint density at radius 1 is 1.12 bits per heavy atom. The number of primary amides is 1. The van der Waals surface area contributed by atoms with Crippen LogP contribution in [0, 0.1) is 0 Å². The Bertz CT molecular complexity index is 1040. The number of aromatic nitrogens is 2. The summed E-state index contributed by atoms with van der Waals surface area (Å²) < 4.78 is 1.37. The highest BCUT2D eigenvalue weighted by molar-refractivity contribution is 6.05. The highest BCUT2D eigenvalue weighted by atomic mass is 16.4. The van der Waals surface area contributed by atoms with Crippen LogP contribution in [0.25, 0.3) is 16.6 Å². The minimum atomic E-state index is -1.16. The molecule has 0 atom stereocenters. The van der Waals surface area contributed by atoms with Crippen molar-refractivity contribution >= 4 is 22.9 Å². The summed E-state index contributed by atoms with van der Waals surface area (Å²) in [6.45, 7) is 0.0929. The van der Waals surface area contributed by atoms with Crippen LogP contribution in [-0.4, -0.2) is 33.2 Å².